The molecule has 2 aromatic heterocycles. The SMILES string of the molecule is CCN(Cc1ccco1)C(=O)Cc1sc(=S)[nH]c1C. The van der Waals surface area contributed by atoms with Crippen molar-refractivity contribution in [1.82, 2.24) is 9.88 Å². The number of H-pyrrole nitrogens is 1. The van der Waals surface area contributed by atoms with Gasteiger partial charge in [-0.3, -0.25) is 4.79 Å². The Kier molecular flexibility index (Phi) is 4.55. The first kappa shape index (κ1) is 14.0. The zero-order chi connectivity index (χ0) is 13.8. The third kappa shape index (κ3) is 3.54. The smallest absolute Gasteiger partial charge is 0.228 e. The van der Waals surface area contributed by atoms with Crippen LogP contribution in [0.15, 0.2) is 22.8 Å². The Labute approximate surface area is 121 Å². The van der Waals surface area contributed by atoms with Crippen molar-refractivity contribution in [2.75, 3.05) is 6.54 Å². The average molecular weight is 296 g/mol. The Morgan fingerprint density at radius 1 is 1.58 bits per heavy atom. The number of nitrogens with one attached hydrogen (secondary N) is 1. The molecule has 0 saturated heterocycles. The van der Waals surface area contributed by atoms with E-state index in [4.69, 9.17) is 16.6 Å². The van der Waals surface area contributed by atoms with E-state index < -0.39 is 0 Å². The normalized spacial score (nSPS) is 10.6. The van der Waals surface area contributed by atoms with Crippen molar-refractivity contribution in [2.24, 2.45) is 0 Å². The molecule has 2 aromatic rings. The van der Waals surface area contributed by atoms with E-state index in [1.54, 1.807) is 11.2 Å². The van der Waals surface area contributed by atoms with Gasteiger partial charge in [-0.25, -0.2) is 0 Å². The van der Waals surface area contributed by atoms with Gasteiger partial charge in [0.15, 0.2) is 3.95 Å². The van der Waals surface area contributed by atoms with Crippen LogP contribution in [0.3, 0.4) is 0 Å². The van der Waals surface area contributed by atoms with Gasteiger partial charge < -0.3 is 14.3 Å². The summed E-state index contributed by atoms with van der Waals surface area (Å²) in [6.07, 6.45) is 2.01. The molecule has 6 heteroatoms. The van der Waals surface area contributed by atoms with E-state index in [9.17, 15) is 4.79 Å². The number of aromatic nitrogens is 1. The van der Waals surface area contributed by atoms with Crippen molar-refractivity contribution in [2.45, 2.75) is 26.8 Å². The van der Waals surface area contributed by atoms with Crippen molar-refractivity contribution in [3.8, 4) is 0 Å². The second-order valence-corrected chi connectivity index (χ2v) is 6.00. The van der Waals surface area contributed by atoms with Gasteiger partial charge in [0.05, 0.1) is 19.2 Å². The fraction of sp³-hybridized carbons (Fsp3) is 0.385. The van der Waals surface area contributed by atoms with Gasteiger partial charge >= 0.3 is 0 Å². The highest BCUT2D eigenvalue weighted by atomic mass is 32.1. The molecule has 2 rings (SSSR count). The quantitative estimate of drug-likeness (QED) is 0.861. The lowest BCUT2D eigenvalue weighted by atomic mass is 10.2. The number of aromatic amines is 1. The molecule has 19 heavy (non-hydrogen) atoms. The van der Waals surface area contributed by atoms with E-state index in [2.05, 4.69) is 4.98 Å². The maximum Gasteiger partial charge on any atom is 0.228 e. The predicted octanol–water partition coefficient (Wildman–Crippen LogP) is 3.30. The van der Waals surface area contributed by atoms with Crippen LogP contribution in [0, 0.1) is 10.9 Å². The summed E-state index contributed by atoms with van der Waals surface area (Å²) in [4.78, 5) is 18.1. The molecule has 2 heterocycles. The minimum atomic E-state index is 0.0900. The fourth-order valence-corrected chi connectivity index (χ4v) is 3.10. The first-order valence-corrected chi connectivity index (χ1v) is 7.31. The van der Waals surface area contributed by atoms with Crippen LogP contribution in [0.2, 0.25) is 0 Å². The number of hydrogen-bond donors (Lipinski definition) is 1. The highest BCUT2D eigenvalue weighted by molar-refractivity contribution is 7.73. The van der Waals surface area contributed by atoms with Crippen molar-refractivity contribution >= 4 is 29.5 Å². The van der Waals surface area contributed by atoms with Crippen molar-refractivity contribution in [1.29, 1.82) is 0 Å². The third-order valence-electron chi connectivity index (χ3n) is 2.90. The number of furan rings is 1. The molecule has 1 N–H and O–H groups in total. The Bertz CT molecular complexity index is 598. The molecule has 0 aliphatic heterocycles. The topological polar surface area (TPSA) is 49.2 Å². The number of likely N-dealkylation sites (N-methyl/N-ethyl adjacent to an activating group) is 1. The molecule has 0 unspecified atom stereocenters. The molecular weight excluding hydrogens is 280 g/mol. The van der Waals surface area contributed by atoms with E-state index in [0.29, 0.717) is 19.5 Å². The molecule has 0 fully saturated rings. The molecule has 4 nitrogen and oxygen atoms in total. The van der Waals surface area contributed by atoms with Gasteiger partial charge in [0.25, 0.3) is 0 Å². The van der Waals surface area contributed by atoms with Gasteiger partial charge in [0.1, 0.15) is 5.76 Å². The highest BCUT2D eigenvalue weighted by Crippen LogP contribution is 2.17. The van der Waals surface area contributed by atoms with Crippen LogP contribution in [0.25, 0.3) is 0 Å². The van der Waals surface area contributed by atoms with Gasteiger partial charge in [0.2, 0.25) is 5.91 Å². The number of thiazole rings is 1. The minimum Gasteiger partial charge on any atom is -0.467 e. The lowest BCUT2D eigenvalue weighted by Crippen LogP contribution is -2.31. The van der Waals surface area contributed by atoms with E-state index >= 15 is 0 Å². The molecule has 102 valence electrons. The van der Waals surface area contributed by atoms with Crippen molar-refractivity contribution < 1.29 is 9.21 Å². The molecule has 0 aliphatic rings. The van der Waals surface area contributed by atoms with Crippen molar-refractivity contribution in [3.05, 3.63) is 38.7 Å². The third-order valence-corrected chi connectivity index (χ3v) is 4.23. The number of carbonyl (C=O) groups is 1. The molecule has 0 radical (unpaired) electrons. The van der Waals surface area contributed by atoms with Crippen LogP contribution in [0.4, 0.5) is 0 Å². The first-order chi connectivity index (χ1) is 9.10. The van der Waals surface area contributed by atoms with Crippen LogP contribution >= 0.6 is 23.6 Å². The average Bonchev–Trinajstić information content (AvgIpc) is 2.97. The Hall–Kier alpha value is -1.40. The summed E-state index contributed by atoms with van der Waals surface area (Å²) < 4.78 is 6.00. The van der Waals surface area contributed by atoms with Crippen LogP contribution in [-0.2, 0) is 17.8 Å². The van der Waals surface area contributed by atoms with Crippen LogP contribution in [0.5, 0.6) is 0 Å². The zero-order valence-corrected chi connectivity index (χ0v) is 12.6. The maximum atomic E-state index is 12.3. The molecule has 0 atom stereocenters. The number of hydrogen-bond acceptors (Lipinski definition) is 4. The Morgan fingerprint density at radius 3 is 2.89 bits per heavy atom. The number of nitrogens with zero attached hydrogens (tertiary/aromatic N) is 1. The highest BCUT2D eigenvalue weighted by Gasteiger charge is 2.16. The molecular formula is C13H16N2O2S2. The number of amides is 1. The fourth-order valence-electron chi connectivity index (χ4n) is 1.82. The Balaban J connectivity index is 2.04. The van der Waals surface area contributed by atoms with Crippen molar-refractivity contribution in [3.63, 3.8) is 0 Å². The summed E-state index contributed by atoms with van der Waals surface area (Å²) in [5.41, 5.74) is 0.984. The van der Waals surface area contributed by atoms with E-state index in [1.807, 2.05) is 26.0 Å². The lowest BCUT2D eigenvalue weighted by molar-refractivity contribution is -0.131. The molecule has 1 amide bonds. The lowest BCUT2D eigenvalue weighted by Gasteiger charge is -2.19. The van der Waals surface area contributed by atoms with Crippen LogP contribution in [0.1, 0.15) is 23.3 Å². The van der Waals surface area contributed by atoms with E-state index in [1.165, 1.54) is 11.3 Å². The first-order valence-electron chi connectivity index (χ1n) is 6.09. The zero-order valence-electron chi connectivity index (χ0n) is 10.9. The van der Waals surface area contributed by atoms with E-state index in [0.717, 1.165) is 20.3 Å². The largest absolute Gasteiger partial charge is 0.467 e. The monoisotopic (exact) mass is 296 g/mol. The second-order valence-electron chi connectivity index (χ2n) is 4.23. The number of carbonyl (C=O) groups excluding carboxylic acids is 1. The van der Waals surface area contributed by atoms with Gasteiger partial charge in [-0.05, 0) is 38.2 Å². The molecule has 0 aliphatic carbocycles. The minimum absolute atomic E-state index is 0.0900. The molecule has 0 bridgehead atoms. The second kappa shape index (κ2) is 6.16. The number of rotatable bonds is 5. The number of aryl methyl sites for hydroxylation is 1. The summed E-state index contributed by atoms with van der Waals surface area (Å²) in [6.45, 7) is 5.08. The summed E-state index contributed by atoms with van der Waals surface area (Å²) in [5.74, 6) is 0.890. The van der Waals surface area contributed by atoms with Gasteiger partial charge in [-0.1, -0.05) is 0 Å². The summed E-state index contributed by atoms with van der Waals surface area (Å²) >= 11 is 6.55. The van der Waals surface area contributed by atoms with Gasteiger partial charge in [-0.15, -0.1) is 11.3 Å². The maximum absolute atomic E-state index is 12.3. The van der Waals surface area contributed by atoms with Gasteiger partial charge in [0, 0.05) is 17.1 Å². The molecule has 0 spiro atoms. The standard InChI is InChI=1S/C13H16N2O2S2/c1-3-15(8-10-5-4-6-17-10)12(16)7-11-9(2)14-13(18)19-11/h4-6H,3,7-8H2,1-2H3,(H,14,18). The van der Waals surface area contributed by atoms with E-state index in [-0.39, 0.29) is 5.91 Å². The Morgan fingerprint density at radius 2 is 2.37 bits per heavy atom. The van der Waals surface area contributed by atoms with Crippen LogP contribution < -0.4 is 0 Å². The summed E-state index contributed by atoms with van der Waals surface area (Å²) in [7, 11) is 0. The van der Waals surface area contributed by atoms with Gasteiger partial charge in [-0.2, -0.15) is 0 Å². The summed E-state index contributed by atoms with van der Waals surface area (Å²) in [5, 5.41) is 0. The van der Waals surface area contributed by atoms with Crippen LogP contribution in [-0.4, -0.2) is 22.3 Å². The molecule has 0 saturated carbocycles. The predicted molar refractivity (Wildman–Crippen MR) is 77.7 cm³/mol. The summed E-state index contributed by atoms with van der Waals surface area (Å²) in [6, 6.07) is 3.71. The molecule has 0 aromatic carbocycles.